The van der Waals surface area contributed by atoms with Crippen LogP contribution in [0.25, 0.3) is 12.2 Å². The van der Waals surface area contributed by atoms with E-state index in [4.69, 9.17) is 19.9 Å². The van der Waals surface area contributed by atoms with Gasteiger partial charge in [0.15, 0.2) is 17.2 Å². The monoisotopic (exact) mass is 285 g/mol. The van der Waals surface area contributed by atoms with Crippen LogP contribution in [-0.2, 0) is 0 Å². The standard InChI is InChI=1S/C17H19NO3/c1-19-14-11-13(10-9-12-7-5-4-6-8-12)16(20-2)15(18)17(14)21-3/h4-11H,18H2,1-3H3. The Balaban J connectivity index is 2.48. The van der Waals surface area contributed by atoms with E-state index in [2.05, 4.69) is 0 Å². The van der Waals surface area contributed by atoms with E-state index < -0.39 is 0 Å². The third kappa shape index (κ3) is 3.11. The molecule has 4 heteroatoms. The second-order valence-electron chi connectivity index (χ2n) is 4.39. The third-order valence-electron chi connectivity index (χ3n) is 3.14. The van der Waals surface area contributed by atoms with Gasteiger partial charge in [-0.2, -0.15) is 0 Å². The van der Waals surface area contributed by atoms with Gasteiger partial charge in [0.1, 0.15) is 5.69 Å². The van der Waals surface area contributed by atoms with Gasteiger partial charge in [-0.15, -0.1) is 0 Å². The van der Waals surface area contributed by atoms with Gasteiger partial charge in [0, 0.05) is 5.56 Å². The van der Waals surface area contributed by atoms with Crippen LogP contribution in [0.2, 0.25) is 0 Å². The van der Waals surface area contributed by atoms with Crippen LogP contribution >= 0.6 is 0 Å². The predicted octanol–water partition coefficient (Wildman–Crippen LogP) is 3.47. The number of rotatable bonds is 5. The van der Waals surface area contributed by atoms with Crippen LogP contribution in [0.4, 0.5) is 5.69 Å². The molecule has 4 nitrogen and oxygen atoms in total. The Bertz CT molecular complexity index is 636. The molecule has 0 bridgehead atoms. The van der Waals surface area contributed by atoms with Crippen LogP contribution < -0.4 is 19.9 Å². The van der Waals surface area contributed by atoms with Crippen molar-refractivity contribution in [2.24, 2.45) is 0 Å². The first-order chi connectivity index (χ1) is 10.2. The molecule has 2 aromatic carbocycles. The Morgan fingerprint density at radius 3 is 2.10 bits per heavy atom. The smallest absolute Gasteiger partial charge is 0.187 e. The summed E-state index contributed by atoms with van der Waals surface area (Å²) in [6, 6.07) is 11.8. The third-order valence-corrected chi connectivity index (χ3v) is 3.14. The largest absolute Gasteiger partial charge is 0.494 e. The summed E-state index contributed by atoms with van der Waals surface area (Å²) in [5.41, 5.74) is 8.43. The van der Waals surface area contributed by atoms with Crippen molar-refractivity contribution in [1.29, 1.82) is 0 Å². The highest BCUT2D eigenvalue weighted by molar-refractivity contribution is 5.81. The molecule has 0 aromatic heterocycles. The van der Waals surface area contributed by atoms with Crippen molar-refractivity contribution in [3.63, 3.8) is 0 Å². The highest BCUT2D eigenvalue weighted by Gasteiger charge is 2.16. The van der Waals surface area contributed by atoms with Gasteiger partial charge in [0.2, 0.25) is 0 Å². The summed E-state index contributed by atoms with van der Waals surface area (Å²) in [7, 11) is 4.71. The molecule has 0 heterocycles. The van der Waals surface area contributed by atoms with Crippen molar-refractivity contribution in [2.45, 2.75) is 0 Å². The molecule has 2 rings (SSSR count). The van der Waals surface area contributed by atoms with Crippen LogP contribution in [0.1, 0.15) is 11.1 Å². The van der Waals surface area contributed by atoms with Gasteiger partial charge < -0.3 is 19.9 Å². The van der Waals surface area contributed by atoms with Crippen LogP contribution in [0.15, 0.2) is 36.4 Å². The van der Waals surface area contributed by atoms with E-state index in [1.807, 2.05) is 48.6 Å². The maximum Gasteiger partial charge on any atom is 0.187 e. The number of benzene rings is 2. The van der Waals surface area contributed by atoms with Gasteiger partial charge in [0.25, 0.3) is 0 Å². The normalized spacial score (nSPS) is 10.6. The first kappa shape index (κ1) is 14.8. The molecule has 0 aliphatic heterocycles. The lowest BCUT2D eigenvalue weighted by Crippen LogP contribution is -2.01. The number of methoxy groups -OCH3 is 3. The summed E-state index contributed by atoms with van der Waals surface area (Å²) < 4.78 is 16.0. The average Bonchev–Trinajstić information content (AvgIpc) is 2.53. The fourth-order valence-corrected chi connectivity index (χ4v) is 2.13. The lowest BCUT2D eigenvalue weighted by atomic mass is 10.1. The number of hydrogen-bond donors (Lipinski definition) is 1. The van der Waals surface area contributed by atoms with Crippen molar-refractivity contribution in [2.75, 3.05) is 27.1 Å². The lowest BCUT2D eigenvalue weighted by Gasteiger charge is -2.15. The van der Waals surface area contributed by atoms with Crippen molar-refractivity contribution in [1.82, 2.24) is 0 Å². The average molecular weight is 285 g/mol. The zero-order valence-corrected chi connectivity index (χ0v) is 12.4. The van der Waals surface area contributed by atoms with Crippen molar-refractivity contribution in [3.8, 4) is 17.2 Å². The van der Waals surface area contributed by atoms with E-state index in [0.717, 1.165) is 11.1 Å². The summed E-state index contributed by atoms with van der Waals surface area (Å²) in [6.45, 7) is 0. The molecule has 0 amide bonds. The van der Waals surface area contributed by atoms with Crippen molar-refractivity contribution < 1.29 is 14.2 Å². The molecule has 0 unspecified atom stereocenters. The minimum absolute atomic E-state index is 0.423. The van der Waals surface area contributed by atoms with Gasteiger partial charge in [-0.1, -0.05) is 42.5 Å². The number of hydrogen-bond acceptors (Lipinski definition) is 4. The van der Waals surface area contributed by atoms with Gasteiger partial charge in [-0.3, -0.25) is 0 Å². The molecule has 0 radical (unpaired) electrons. The highest BCUT2D eigenvalue weighted by Crippen LogP contribution is 2.43. The first-order valence-electron chi connectivity index (χ1n) is 6.52. The van der Waals surface area contributed by atoms with E-state index in [0.29, 0.717) is 22.9 Å². The molecule has 0 spiro atoms. The maximum atomic E-state index is 6.09. The topological polar surface area (TPSA) is 53.7 Å². The minimum Gasteiger partial charge on any atom is -0.494 e. The molecule has 0 fully saturated rings. The first-order valence-corrected chi connectivity index (χ1v) is 6.52. The quantitative estimate of drug-likeness (QED) is 0.675. The number of anilines is 1. The van der Waals surface area contributed by atoms with E-state index in [-0.39, 0.29) is 0 Å². The molecular formula is C17H19NO3. The molecular weight excluding hydrogens is 266 g/mol. The molecule has 110 valence electrons. The Hall–Kier alpha value is -2.62. The number of ether oxygens (including phenoxy) is 3. The summed E-state index contributed by atoms with van der Waals surface area (Å²) in [4.78, 5) is 0. The predicted molar refractivity (Wildman–Crippen MR) is 85.9 cm³/mol. The van der Waals surface area contributed by atoms with Crippen LogP contribution in [0.3, 0.4) is 0 Å². The molecule has 0 saturated carbocycles. The minimum atomic E-state index is 0.423. The Morgan fingerprint density at radius 1 is 0.857 bits per heavy atom. The summed E-state index contributed by atoms with van der Waals surface area (Å²) in [5, 5.41) is 0. The van der Waals surface area contributed by atoms with Crippen LogP contribution in [0.5, 0.6) is 17.2 Å². The maximum absolute atomic E-state index is 6.09. The van der Waals surface area contributed by atoms with E-state index >= 15 is 0 Å². The van der Waals surface area contributed by atoms with Gasteiger partial charge >= 0.3 is 0 Å². The molecule has 0 atom stereocenters. The van der Waals surface area contributed by atoms with Crippen molar-refractivity contribution in [3.05, 3.63) is 47.5 Å². The highest BCUT2D eigenvalue weighted by atomic mass is 16.5. The molecule has 21 heavy (non-hydrogen) atoms. The van der Waals surface area contributed by atoms with Crippen molar-refractivity contribution >= 4 is 17.8 Å². The van der Waals surface area contributed by atoms with E-state index in [1.165, 1.54) is 0 Å². The Kier molecular flexibility index (Phi) is 4.72. The zero-order valence-electron chi connectivity index (χ0n) is 12.4. The van der Waals surface area contributed by atoms with Crippen LogP contribution in [-0.4, -0.2) is 21.3 Å². The summed E-state index contributed by atoms with van der Waals surface area (Å²) >= 11 is 0. The Labute approximate surface area is 124 Å². The van der Waals surface area contributed by atoms with Gasteiger partial charge in [0.05, 0.1) is 21.3 Å². The Morgan fingerprint density at radius 2 is 1.52 bits per heavy atom. The second kappa shape index (κ2) is 6.70. The number of nitrogen functional groups attached to an aromatic ring is 1. The van der Waals surface area contributed by atoms with Gasteiger partial charge in [-0.05, 0) is 11.6 Å². The fourth-order valence-electron chi connectivity index (χ4n) is 2.13. The van der Waals surface area contributed by atoms with E-state index in [1.54, 1.807) is 21.3 Å². The second-order valence-corrected chi connectivity index (χ2v) is 4.39. The molecule has 2 aromatic rings. The zero-order chi connectivity index (χ0) is 15.2. The SMILES string of the molecule is COc1cc(C=Cc2ccccc2)c(OC)c(N)c1OC. The number of nitrogens with two attached hydrogens (primary N) is 1. The summed E-state index contributed by atoms with van der Waals surface area (Å²) in [5.74, 6) is 1.62. The molecule has 0 saturated heterocycles. The molecule has 0 aliphatic carbocycles. The van der Waals surface area contributed by atoms with Crippen LogP contribution in [0, 0.1) is 0 Å². The van der Waals surface area contributed by atoms with E-state index in [9.17, 15) is 0 Å². The molecule has 2 N–H and O–H groups in total. The summed E-state index contributed by atoms with van der Waals surface area (Å²) in [6.07, 6.45) is 3.93. The van der Waals surface area contributed by atoms with Gasteiger partial charge in [-0.25, -0.2) is 0 Å². The fraction of sp³-hybridized carbons (Fsp3) is 0.176. The molecule has 0 aliphatic rings. The lowest BCUT2D eigenvalue weighted by molar-refractivity contribution is 0.351.